The van der Waals surface area contributed by atoms with E-state index in [2.05, 4.69) is 27.7 Å². The van der Waals surface area contributed by atoms with Crippen LogP contribution in [-0.2, 0) is 0 Å². The summed E-state index contributed by atoms with van der Waals surface area (Å²) in [6, 6.07) is 7.91. The van der Waals surface area contributed by atoms with E-state index in [-0.39, 0.29) is 11.5 Å². The fourth-order valence-corrected chi connectivity index (χ4v) is 1.97. The van der Waals surface area contributed by atoms with Gasteiger partial charge in [0, 0.05) is 0 Å². The molecule has 1 aromatic carbocycles. The van der Waals surface area contributed by atoms with E-state index in [0.717, 1.165) is 17.7 Å². The highest BCUT2D eigenvalue weighted by atomic mass is 16.5. The molecule has 2 nitrogen and oxygen atoms in total. The smallest absolute Gasteiger partial charge is 0.119 e. The van der Waals surface area contributed by atoms with Crippen molar-refractivity contribution in [2.45, 2.75) is 59.2 Å². The number of aliphatic hydroxyl groups excluding tert-OH is 1. The zero-order valence-electron chi connectivity index (χ0n) is 12.5. The minimum atomic E-state index is -0.385. The van der Waals surface area contributed by atoms with Crippen molar-refractivity contribution < 1.29 is 9.84 Å². The molecule has 0 aromatic heterocycles. The van der Waals surface area contributed by atoms with Crippen molar-refractivity contribution in [2.75, 3.05) is 0 Å². The maximum atomic E-state index is 10.3. The predicted molar refractivity (Wildman–Crippen MR) is 78.3 cm³/mol. The second kappa shape index (κ2) is 5.54. The number of hydrogen-bond donors (Lipinski definition) is 1. The molecule has 1 aliphatic rings. The fourth-order valence-electron chi connectivity index (χ4n) is 1.97. The summed E-state index contributed by atoms with van der Waals surface area (Å²) >= 11 is 0. The molecule has 1 saturated carbocycles. The van der Waals surface area contributed by atoms with E-state index in [1.54, 1.807) is 0 Å². The molecule has 0 heterocycles. The zero-order chi connectivity index (χ0) is 14.0. The molecule has 2 unspecified atom stereocenters. The lowest BCUT2D eigenvalue weighted by atomic mass is 9.78. The van der Waals surface area contributed by atoms with Crippen molar-refractivity contribution in [1.82, 2.24) is 0 Å². The van der Waals surface area contributed by atoms with Crippen LogP contribution in [0.15, 0.2) is 24.3 Å². The summed E-state index contributed by atoms with van der Waals surface area (Å²) in [7, 11) is 0. The molecule has 106 valence electrons. The van der Waals surface area contributed by atoms with Gasteiger partial charge in [-0.3, -0.25) is 0 Å². The van der Waals surface area contributed by atoms with Gasteiger partial charge in [0.1, 0.15) is 5.75 Å². The van der Waals surface area contributed by atoms with E-state index >= 15 is 0 Å². The lowest BCUT2D eigenvalue weighted by molar-refractivity contribution is 0.111. The van der Waals surface area contributed by atoms with Crippen molar-refractivity contribution in [3.8, 4) is 5.75 Å². The molecule has 1 aliphatic carbocycles. The predicted octanol–water partition coefficient (Wildman–Crippen LogP) is 4.33. The molecule has 2 atom stereocenters. The summed E-state index contributed by atoms with van der Waals surface area (Å²) in [5.74, 6) is 1.40. The molecule has 1 fully saturated rings. The van der Waals surface area contributed by atoms with Crippen LogP contribution in [0.3, 0.4) is 0 Å². The molecule has 2 rings (SSSR count). The molecule has 19 heavy (non-hydrogen) atoms. The van der Waals surface area contributed by atoms with Gasteiger partial charge in [0.15, 0.2) is 0 Å². The summed E-state index contributed by atoms with van der Waals surface area (Å²) in [6.07, 6.45) is 3.19. The van der Waals surface area contributed by atoms with E-state index in [4.69, 9.17) is 4.74 Å². The Kier molecular flexibility index (Phi) is 4.19. The monoisotopic (exact) mass is 262 g/mol. The molecule has 0 amide bonds. The molecule has 0 aliphatic heterocycles. The van der Waals surface area contributed by atoms with Gasteiger partial charge in [-0.25, -0.2) is 0 Å². The van der Waals surface area contributed by atoms with Crippen LogP contribution in [0.5, 0.6) is 5.75 Å². The fraction of sp³-hybridized carbons (Fsp3) is 0.647. The first-order valence-corrected chi connectivity index (χ1v) is 7.31. The molecule has 1 N–H and O–H groups in total. The van der Waals surface area contributed by atoms with Gasteiger partial charge in [-0.05, 0) is 48.3 Å². The summed E-state index contributed by atoms with van der Waals surface area (Å²) < 4.78 is 5.71. The number of ether oxygens (including phenoxy) is 1. The zero-order valence-corrected chi connectivity index (χ0v) is 12.5. The first-order valence-electron chi connectivity index (χ1n) is 7.31. The Hall–Kier alpha value is -1.02. The maximum Gasteiger partial charge on any atom is 0.119 e. The van der Waals surface area contributed by atoms with Crippen LogP contribution < -0.4 is 4.74 Å². The normalized spacial score (nSPS) is 19.0. The quantitative estimate of drug-likeness (QED) is 0.855. The van der Waals surface area contributed by atoms with E-state index < -0.39 is 0 Å². The van der Waals surface area contributed by atoms with Crippen molar-refractivity contribution in [3.63, 3.8) is 0 Å². The molecule has 0 saturated heterocycles. The Morgan fingerprint density at radius 3 is 2.26 bits per heavy atom. The summed E-state index contributed by atoms with van der Waals surface area (Å²) in [4.78, 5) is 0. The van der Waals surface area contributed by atoms with Gasteiger partial charge in [-0.2, -0.15) is 0 Å². The van der Waals surface area contributed by atoms with E-state index in [0.29, 0.717) is 12.0 Å². The third-order valence-corrected chi connectivity index (χ3v) is 4.15. The molecular formula is C17H26O2. The minimum absolute atomic E-state index is 0.232. The van der Waals surface area contributed by atoms with Gasteiger partial charge in [0.05, 0.1) is 12.2 Å². The Balaban J connectivity index is 1.92. The van der Waals surface area contributed by atoms with Crippen LogP contribution >= 0.6 is 0 Å². The standard InChI is InChI=1S/C17H26O2/c1-12(17(2,3)4)11-16(18)13-5-7-14(8-6-13)19-15-9-10-15/h5-8,12,15-16,18H,9-11H2,1-4H3. The second-order valence-electron chi connectivity index (χ2n) is 6.90. The first-order chi connectivity index (χ1) is 8.86. The first kappa shape index (κ1) is 14.4. The van der Waals surface area contributed by atoms with E-state index in [9.17, 15) is 5.11 Å². The Morgan fingerprint density at radius 1 is 1.21 bits per heavy atom. The number of rotatable bonds is 5. The maximum absolute atomic E-state index is 10.3. The van der Waals surface area contributed by atoms with Crippen LogP contribution in [0.25, 0.3) is 0 Å². The van der Waals surface area contributed by atoms with Crippen molar-refractivity contribution in [3.05, 3.63) is 29.8 Å². The van der Waals surface area contributed by atoms with Crippen LogP contribution in [0, 0.1) is 11.3 Å². The van der Waals surface area contributed by atoms with Crippen LogP contribution in [0.2, 0.25) is 0 Å². The minimum Gasteiger partial charge on any atom is -0.490 e. The van der Waals surface area contributed by atoms with Crippen LogP contribution in [0.1, 0.15) is 58.6 Å². The van der Waals surface area contributed by atoms with Crippen LogP contribution in [-0.4, -0.2) is 11.2 Å². The van der Waals surface area contributed by atoms with Gasteiger partial charge >= 0.3 is 0 Å². The molecule has 0 radical (unpaired) electrons. The van der Waals surface area contributed by atoms with Crippen molar-refractivity contribution in [2.24, 2.45) is 11.3 Å². The topological polar surface area (TPSA) is 29.5 Å². The summed E-state index contributed by atoms with van der Waals surface area (Å²) in [5.41, 5.74) is 1.22. The lowest BCUT2D eigenvalue weighted by Crippen LogP contribution is -2.19. The second-order valence-corrected chi connectivity index (χ2v) is 6.90. The van der Waals surface area contributed by atoms with Crippen LogP contribution in [0.4, 0.5) is 0 Å². The van der Waals surface area contributed by atoms with Gasteiger partial charge in [-0.15, -0.1) is 0 Å². The Morgan fingerprint density at radius 2 is 1.79 bits per heavy atom. The van der Waals surface area contributed by atoms with E-state index in [1.807, 2.05) is 24.3 Å². The largest absolute Gasteiger partial charge is 0.490 e. The SMILES string of the molecule is CC(CC(O)c1ccc(OC2CC2)cc1)C(C)(C)C. The average Bonchev–Trinajstić information content (AvgIpc) is 3.12. The summed E-state index contributed by atoms with van der Waals surface area (Å²) in [6.45, 7) is 8.86. The molecule has 0 spiro atoms. The van der Waals surface area contributed by atoms with Gasteiger partial charge < -0.3 is 9.84 Å². The number of aliphatic hydroxyl groups is 1. The van der Waals surface area contributed by atoms with Crippen molar-refractivity contribution >= 4 is 0 Å². The molecular weight excluding hydrogens is 236 g/mol. The van der Waals surface area contributed by atoms with Gasteiger partial charge in [-0.1, -0.05) is 39.8 Å². The van der Waals surface area contributed by atoms with Gasteiger partial charge in [0.2, 0.25) is 0 Å². The highest BCUT2D eigenvalue weighted by Crippen LogP contribution is 2.34. The highest BCUT2D eigenvalue weighted by molar-refractivity contribution is 5.29. The molecule has 1 aromatic rings. The third kappa shape index (κ3) is 4.24. The summed E-state index contributed by atoms with van der Waals surface area (Å²) in [5, 5.41) is 10.3. The molecule has 2 heteroatoms. The Labute approximate surface area is 116 Å². The third-order valence-electron chi connectivity index (χ3n) is 4.15. The molecule has 0 bridgehead atoms. The van der Waals surface area contributed by atoms with E-state index in [1.165, 1.54) is 12.8 Å². The van der Waals surface area contributed by atoms with Crippen molar-refractivity contribution in [1.29, 1.82) is 0 Å². The Bertz CT molecular complexity index is 398. The highest BCUT2D eigenvalue weighted by Gasteiger charge is 2.24. The number of hydrogen-bond acceptors (Lipinski definition) is 2. The average molecular weight is 262 g/mol. The number of benzene rings is 1. The lowest BCUT2D eigenvalue weighted by Gasteiger charge is -2.29. The van der Waals surface area contributed by atoms with Gasteiger partial charge in [0.25, 0.3) is 0 Å².